The van der Waals surface area contributed by atoms with Gasteiger partial charge in [-0.15, -0.1) is 0 Å². The number of hydrogen-bond acceptors (Lipinski definition) is 3. The lowest BCUT2D eigenvalue weighted by Gasteiger charge is -2.28. The fraction of sp³-hybridized carbons (Fsp3) is 1.00. The van der Waals surface area contributed by atoms with Crippen molar-refractivity contribution in [1.82, 2.24) is 10.0 Å². The largest absolute Gasteiger partial charge is 0.313 e. The Kier molecular flexibility index (Phi) is 5.72. The molecule has 0 aliphatic heterocycles. The highest BCUT2D eigenvalue weighted by Gasteiger charge is 2.19. The van der Waals surface area contributed by atoms with Crippen molar-refractivity contribution >= 4 is 10.0 Å². The third kappa shape index (κ3) is 4.80. The highest BCUT2D eigenvalue weighted by molar-refractivity contribution is 7.89. The molecule has 1 rings (SSSR count). The van der Waals surface area contributed by atoms with Crippen LogP contribution in [0.25, 0.3) is 0 Å². The van der Waals surface area contributed by atoms with Gasteiger partial charge in [-0.25, -0.2) is 13.1 Å². The van der Waals surface area contributed by atoms with E-state index in [1.807, 2.05) is 0 Å². The Morgan fingerprint density at radius 3 is 2.31 bits per heavy atom. The zero-order chi connectivity index (χ0) is 12.0. The molecule has 1 aliphatic carbocycles. The van der Waals surface area contributed by atoms with Crippen molar-refractivity contribution < 1.29 is 8.42 Å². The van der Waals surface area contributed by atoms with E-state index in [9.17, 15) is 8.42 Å². The van der Waals surface area contributed by atoms with Gasteiger partial charge in [-0.1, -0.05) is 13.3 Å². The molecule has 0 heterocycles. The van der Waals surface area contributed by atoms with Crippen LogP contribution in [-0.4, -0.2) is 33.8 Å². The fourth-order valence-corrected chi connectivity index (χ4v) is 2.87. The molecule has 5 heteroatoms. The lowest BCUT2D eigenvalue weighted by molar-refractivity contribution is 0.289. The van der Waals surface area contributed by atoms with Gasteiger partial charge in [-0.3, -0.25) is 0 Å². The highest BCUT2D eigenvalue weighted by Crippen LogP contribution is 2.26. The molecular weight excluding hydrogens is 224 g/mol. The predicted octanol–water partition coefficient (Wildman–Crippen LogP) is 1.09. The molecule has 0 saturated heterocycles. The van der Waals surface area contributed by atoms with Crippen LogP contribution in [0.5, 0.6) is 0 Å². The van der Waals surface area contributed by atoms with Crippen LogP contribution >= 0.6 is 0 Å². The summed E-state index contributed by atoms with van der Waals surface area (Å²) in [5, 5.41) is 3.34. The minimum Gasteiger partial charge on any atom is -0.313 e. The zero-order valence-corrected chi connectivity index (χ0v) is 11.1. The third-order valence-corrected chi connectivity index (χ3v) is 4.90. The van der Waals surface area contributed by atoms with E-state index < -0.39 is 10.0 Å². The smallest absolute Gasteiger partial charge is 0.212 e. The first kappa shape index (κ1) is 13.9. The van der Waals surface area contributed by atoms with E-state index in [4.69, 9.17) is 0 Å². The molecule has 0 bridgehead atoms. The number of sulfonamides is 1. The van der Waals surface area contributed by atoms with Crippen molar-refractivity contribution in [3.05, 3.63) is 0 Å². The standard InChI is InChI=1S/C11H24N2O2S/c1-3-10-4-6-11(7-5-10)13-8-9-16(14,15)12-2/h10-13H,3-9H2,1-2H3. The third-order valence-electron chi connectivity index (χ3n) is 3.54. The quantitative estimate of drug-likeness (QED) is 0.740. The summed E-state index contributed by atoms with van der Waals surface area (Å²) in [4.78, 5) is 0. The Hall–Kier alpha value is -0.130. The van der Waals surface area contributed by atoms with E-state index in [1.165, 1.54) is 39.2 Å². The van der Waals surface area contributed by atoms with Gasteiger partial charge in [-0.2, -0.15) is 0 Å². The van der Waals surface area contributed by atoms with E-state index in [-0.39, 0.29) is 5.75 Å². The van der Waals surface area contributed by atoms with Crippen molar-refractivity contribution in [3.8, 4) is 0 Å². The topological polar surface area (TPSA) is 58.2 Å². The summed E-state index contributed by atoms with van der Waals surface area (Å²) in [6.07, 6.45) is 6.23. The average Bonchev–Trinajstić information content (AvgIpc) is 2.30. The molecular formula is C11H24N2O2S. The van der Waals surface area contributed by atoms with Gasteiger partial charge in [0.1, 0.15) is 0 Å². The van der Waals surface area contributed by atoms with Crippen LogP contribution in [0.2, 0.25) is 0 Å². The molecule has 0 amide bonds. The lowest BCUT2D eigenvalue weighted by atomic mass is 9.84. The molecule has 0 unspecified atom stereocenters. The normalized spacial score (nSPS) is 26.9. The summed E-state index contributed by atoms with van der Waals surface area (Å²) in [5.41, 5.74) is 0. The number of rotatable bonds is 6. The molecule has 1 aliphatic rings. The van der Waals surface area contributed by atoms with Crippen molar-refractivity contribution in [3.63, 3.8) is 0 Å². The molecule has 0 aromatic carbocycles. The summed E-state index contributed by atoms with van der Waals surface area (Å²) >= 11 is 0. The van der Waals surface area contributed by atoms with Gasteiger partial charge in [0.2, 0.25) is 10.0 Å². The SMILES string of the molecule is CCC1CCC(NCCS(=O)(=O)NC)CC1. The van der Waals surface area contributed by atoms with Crippen molar-refractivity contribution in [2.45, 2.75) is 45.1 Å². The van der Waals surface area contributed by atoms with Crippen LogP contribution in [0.3, 0.4) is 0 Å². The summed E-state index contributed by atoms with van der Waals surface area (Å²) in [6, 6.07) is 0.523. The maximum absolute atomic E-state index is 11.2. The molecule has 16 heavy (non-hydrogen) atoms. The maximum Gasteiger partial charge on any atom is 0.212 e. The van der Waals surface area contributed by atoms with E-state index in [2.05, 4.69) is 17.0 Å². The Morgan fingerprint density at radius 1 is 1.19 bits per heavy atom. The lowest BCUT2D eigenvalue weighted by Crippen LogP contribution is -2.37. The zero-order valence-electron chi connectivity index (χ0n) is 10.3. The maximum atomic E-state index is 11.2. The van der Waals surface area contributed by atoms with Crippen molar-refractivity contribution in [2.75, 3.05) is 19.3 Å². The van der Waals surface area contributed by atoms with E-state index >= 15 is 0 Å². The van der Waals surface area contributed by atoms with Gasteiger partial charge in [0.25, 0.3) is 0 Å². The van der Waals surface area contributed by atoms with Crippen molar-refractivity contribution in [1.29, 1.82) is 0 Å². The molecule has 96 valence electrons. The molecule has 2 N–H and O–H groups in total. The molecule has 1 saturated carbocycles. The molecule has 0 radical (unpaired) electrons. The fourth-order valence-electron chi connectivity index (χ4n) is 2.27. The molecule has 0 atom stereocenters. The van der Waals surface area contributed by atoms with Crippen LogP contribution < -0.4 is 10.0 Å². The summed E-state index contributed by atoms with van der Waals surface area (Å²) in [5.74, 6) is 1.07. The Balaban J connectivity index is 2.16. The van der Waals surface area contributed by atoms with Gasteiger partial charge in [0, 0.05) is 12.6 Å². The number of nitrogens with one attached hydrogen (secondary N) is 2. The van der Waals surface area contributed by atoms with Crippen LogP contribution in [-0.2, 0) is 10.0 Å². The van der Waals surface area contributed by atoms with Crippen LogP contribution in [0.4, 0.5) is 0 Å². The summed E-state index contributed by atoms with van der Waals surface area (Å²) < 4.78 is 24.7. The second-order valence-electron chi connectivity index (χ2n) is 4.60. The van der Waals surface area contributed by atoms with Crippen LogP contribution in [0.1, 0.15) is 39.0 Å². The monoisotopic (exact) mass is 248 g/mol. The van der Waals surface area contributed by atoms with Crippen LogP contribution in [0.15, 0.2) is 0 Å². The molecule has 0 aromatic rings. The Bertz CT molecular complexity index is 282. The molecule has 0 spiro atoms. The van der Waals surface area contributed by atoms with Gasteiger partial charge < -0.3 is 5.32 Å². The Labute approximate surface area is 99.2 Å². The first-order valence-corrected chi connectivity index (χ1v) is 7.87. The predicted molar refractivity (Wildman–Crippen MR) is 66.9 cm³/mol. The van der Waals surface area contributed by atoms with E-state index in [0.29, 0.717) is 12.6 Å². The van der Waals surface area contributed by atoms with Gasteiger partial charge >= 0.3 is 0 Å². The average molecular weight is 248 g/mol. The van der Waals surface area contributed by atoms with Crippen molar-refractivity contribution in [2.24, 2.45) is 5.92 Å². The first-order chi connectivity index (χ1) is 7.57. The minimum atomic E-state index is -3.05. The first-order valence-electron chi connectivity index (χ1n) is 6.22. The summed E-state index contributed by atoms with van der Waals surface area (Å²) in [6.45, 7) is 2.81. The second kappa shape index (κ2) is 6.57. The molecule has 1 fully saturated rings. The highest BCUT2D eigenvalue weighted by atomic mass is 32.2. The molecule has 0 aromatic heterocycles. The Morgan fingerprint density at radius 2 is 1.81 bits per heavy atom. The van der Waals surface area contributed by atoms with E-state index in [0.717, 1.165) is 5.92 Å². The van der Waals surface area contributed by atoms with Gasteiger partial charge in [0.15, 0.2) is 0 Å². The number of hydrogen-bond donors (Lipinski definition) is 2. The van der Waals surface area contributed by atoms with Crippen LogP contribution in [0, 0.1) is 5.92 Å². The van der Waals surface area contributed by atoms with Gasteiger partial charge in [0.05, 0.1) is 5.75 Å². The molecule has 4 nitrogen and oxygen atoms in total. The second-order valence-corrected chi connectivity index (χ2v) is 6.65. The minimum absolute atomic E-state index is 0.178. The summed E-state index contributed by atoms with van der Waals surface area (Å²) in [7, 11) is -1.59. The van der Waals surface area contributed by atoms with E-state index in [1.54, 1.807) is 0 Å². The van der Waals surface area contributed by atoms with Gasteiger partial charge in [-0.05, 0) is 38.6 Å².